The summed E-state index contributed by atoms with van der Waals surface area (Å²) in [5.74, 6) is -0.683. The second-order valence-electron chi connectivity index (χ2n) is 7.50. The molecule has 3 aromatic carbocycles. The van der Waals surface area contributed by atoms with Crippen LogP contribution in [-0.2, 0) is 9.53 Å². The molecule has 4 aromatic rings. The second kappa shape index (κ2) is 10.0. The SMILES string of the molecule is CCOC(=O)c1ccc(NC(=O)C(C)Oc2c(-c3ccccc3)oc3ccccc3c2=O)cc1. The molecule has 0 aliphatic rings. The van der Waals surface area contributed by atoms with Gasteiger partial charge in [-0.1, -0.05) is 42.5 Å². The standard InChI is InChI=1S/C27H23NO6/c1-3-32-27(31)19-13-15-20(16-14-19)28-26(30)17(2)33-25-23(29)21-11-7-8-12-22(21)34-24(25)18-9-5-4-6-10-18/h4-17H,3H2,1-2H3,(H,28,30). The summed E-state index contributed by atoms with van der Waals surface area (Å²) in [4.78, 5) is 37.8. The van der Waals surface area contributed by atoms with E-state index in [9.17, 15) is 14.4 Å². The molecule has 0 fully saturated rings. The fourth-order valence-corrected chi connectivity index (χ4v) is 3.39. The number of esters is 1. The number of carbonyl (C=O) groups excluding carboxylic acids is 2. The number of amides is 1. The highest BCUT2D eigenvalue weighted by Gasteiger charge is 2.23. The minimum absolute atomic E-state index is 0.0368. The van der Waals surface area contributed by atoms with Crippen LogP contribution in [-0.4, -0.2) is 24.6 Å². The summed E-state index contributed by atoms with van der Waals surface area (Å²) in [6.07, 6.45) is -1.00. The zero-order valence-corrected chi connectivity index (χ0v) is 18.7. The van der Waals surface area contributed by atoms with Crippen LogP contribution in [0.25, 0.3) is 22.3 Å². The van der Waals surface area contributed by atoms with E-state index in [0.29, 0.717) is 27.8 Å². The molecule has 0 aliphatic carbocycles. The van der Waals surface area contributed by atoms with Gasteiger partial charge < -0.3 is 19.2 Å². The molecule has 4 rings (SSSR count). The van der Waals surface area contributed by atoms with Gasteiger partial charge in [-0.2, -0.15) is 0 Å². The molecule has 0 aliphatic heterocycles. The van der Waals surface area contributed by atoms with Crippen LogP contribution in [0.15, 0.2) is 88.1 Å². The lowest BCUT2D eigenvalue weighted by Gasteiger charge is -2.17. The van der Waals surface area contributed by atoms with Gasteiger partial charge in [0.1, 0.15) is 5.58 Å². The minimum atomic E-state index is -1.00. The van der Waals surface area contributed by atoms with Crippen molar-refractivity contribution in [3.05, 3.63) is 94.6 Å². The maximum absolute atomic E-state index is 13.2. The molecule has 1 unspecified atom stereocenters. The molecule has 1 heterocycles. The van der Waals surface area contributed by atoms with Crippen molar-refractivity contribution >= 4 is 28.5 Å². The molecule has 0 radical (unpaired) electrons. The Morgan fingerprint density at radius 2 is 1.62 bits per heavy atom. The minimum Gasteiger partial charge on any atom is -0.473 e. The first-order chi connectivity index (χ1) is 16.5. The van der Waals surface area contributed by atoms with Gasteiger partial charge in [-0.15, -0.1) is 0 Å². The predicted molar refractivity (Wildman–Crippen MR) is 129 cm³/mol. The second-order valence-corrected chi connectivity index (χ2v) is 7.50. The average Bonchev–Trinajstić information content (AvgIpc) is 2.86. The first kappa shape index (κ1) is 22.8. The van der Waals surface area contributed by atoms with Crippen LogP contribution in [0, 0.1) is 0 Å². The fraction of sp³-hybridized carbons (Fsp3) is 0.148. The summed E-state index contributed by atoms with van der Waals surface area (Å²) >= 11 is 0. The summed E-state index contributed by atoms with van der Waals surface area (Å²) in [6, 6.07) is 22.3. The van der Waals surface area contributed by atoms with Crippen LogP contribution >= 0.6 is 0 Å². The average molecular weight is 457 g/mol. The highest BCUT2D eigenvalue weighted by Crippen LogP contribution is 2.31. The predicted octanol–water partition coefficient (Wildman–Crippen LogP) is 5.04. The van der Waals surface area contributed by atoms with Crippen molar-refractivity contribution < 1.29 is 23.5 Å². The number of para-hydroxylation sites is 1. The van der Waals surface area contributed by atoms with E-state index >= 15 is 0 Å². The molecular weight excluding hydrogens is 434 g/mol. The first-order valence-corrected chi connectivity index (χ1v) is 10.8. The van der Waals surface area contributed by atoms with E-state index in [0.717, 1.165) is 0 Å². The van der Waals surface area contributed by atoms with Gasteiger partial charge >= 0.3 is 5.97 Å². The maximum atomic E-state index is 13.2. The Bertz CT molecular complexity index is 1380. The highest BCUT2D eigenvalue weighted by molar-refractivity contribution is 5.95. The van der Waals surface area contributed by atoms with E-state index in [1.807, 2.05) is 18.2 Å². The lowest BCUT2D eigenvalue weighted by molar-refractivity contribution is -0.122. The Morgan fingerprint density at radius 1 is 0.941 bits per heavy atom. The van der Waals surface area contributed by atoms with Crippen molar-refractivity contribution in [1.82, 2.24) is 0 Å². The lowest BCUT2D eigenvalue weighted by atomic mass is 10.1. The normalized spacial score (nSPS) is 11.6. The summed E-state index contributed by atoms with van der Waals surface area (Å²) in [6.45, 7) is 3.55. The lowest BCUT2D eigenvalue weighted by Crippen LogP contribution is -2.31. The van der Waals surface area contributed by atoms with Crippen LogP contribution in [0.5, 0.6) is 5.75 Å². The van der Waals surface area contributed by atoms with Gasteiger partial charge in [0.05, 0.1) is 17.6 Å². The smallest absolute Gasteiger partial charge is 0.338 e. The van der Waals surface area contributed by atoms with E-state index in [2.05, 4.69) is 5.32 Å². The van der Waals surface area contributed by atoms with E-state index in [4.69, 9.17) is 13.9 Å². The molecule has 7 heteroatoms. The van der Waals surface area contributed by atoms with Crippen LogP contribution in [0.1, 0.15) is 24.2 Å². The monoisotopic (exact) mass is 457 g/mol. The van der Waals surface area contributed by atoms with Crippen LogP contribution in [0.3, 0.4) is 0 Å². The molecule has 7 nitrogen and oxygen atoms in total. The quantitative estimate of drug-likeness (QED) is 0.391. The van der Waals surface area contributed by atoms with Gasteiger partial charge in [-0.05, 0) is 50.2 Å². The molecule has 0 bridgehead atoms. The number of ether oxygens (including phenoxy) is 2. The number of carbonyl (C=O) groups is 2. The van der Waals surface area contributed by atoms with Crippen molar-refractivity contribution in [2.45, 2.75) is 20.0 Å². The third kappa shape index (κ3) is 4.83. The number of fused-ring (bicyclic) bond motifs is 1. The van der Waals surface area contributed by atoms with Gasteiger partial charge in [0.25, 0.3) is 5.91 Å². The van der Waals surface area contributed by atoms with E-state index < -0.39 is 18.0 Å². The Hall–Kier alpha value is -4.39. The molecule has 1 aromatic heterocycles. The number of rotatable bonds is 7. The van der Waals surface area contributed by atoms with E-state index in [1.165, 1.54) is 0 Å². The molecule has 172 valence electrons. The Labute approximate surface area is 195 Å². The van der Waals surface area contributed by atoms with Gasteiger partial charge in [0.15, 0.2) is 11.9 Å². The van der Waals surface area contributed by atoms with Crippen LogP contribution < -0.4 is 15.5 Å². The Morgan fingerprint density at radius 3 is 2.32 bits per heavy atom. The van der Waals surface area contributed by atoms with Crippen molar-refractivity contribution in [2.24, 2.45) is 0 Å². The van der Waals surface area contributed by atoms with Crippen LogP contribution in [0.4, 0.5) is 5.69 Å². The third-order valence-corrected chi connectivity index (χ3v) is 5.12. The molecule has 0 spiro atoms. The van der Waals surface area contributed by atoms with Crippen LogP contribution in [0.2, 0.25) is 0 Å². The summed E-state index contributed by atoms with van der Waals surface area (Å²) in [7, 11) is 0. The molecule has 1 amide bonds. The Kier molecular flexibility index (Phi) is 6.73. The van der Waals surface area contributed by atoms with Crippen molar-refractivity contribution in [3.63, 3.8) is 0 Å². The number of nitrogens with one attached hydrogen (secondary N) is 1. The largest absolute Gasteiger partial charge is 0.473 e. The maximum Gasteiger partial charge on any atom is 0.338 e. The number of hydrogen-bond donors (Lipinski definition) is 1. The third-order valence-electron chi connectivity index (χ3n) is 5.12. The van der Waals surface area contributed by atoms with Crippen molar-refractivity contribution in [3.8, 4) is 17.1 Å². The number of benzene rings is 3. The van der Waals surface area contributed by atoms with Gasteiger partial charge in [0, 0.05) is 11.3 Å². The Balaban J connectivity index is 1.59. The van der Waals surface area contributed by atoms with E-state index in [-0.39, 0.29) is 23.5 Å². The molecule has 1 atom stereocenters. The van der Waals surface area contributed by atoms with Crippen molar-refractivity contribution in [2.75, 3.05) is 11.9 Å². The molecule has 0 saturated carbocycles. The van der Waals surface area contributed by atoms with Crippen molar-refractivity contribution in [1.29, 1.82) is 0 Å². The molecular formula is C27H23NO6. The van der Waals surface area contributed by atoms with Gasteiger partial charge in [-0.25, -0.2) is 4.79 Å². The molecule has 0 saturated heterocycles. The zero-order valence-electron chi connectivity index (χ0n) is 18.7. The summed E-state index contributed by atoms with van der Waals surface area (Å²) < 4.78 is 16.8. The summed E-state index contributed by atoms with van der Waals surface area (Å²) in [5, 5.41) is 3.09. The first-order valence-electron chi connectivity index (χ1n) is 10.8. The highest BCUT2D eigenvalue weighted by atomic mass is 16.5. The van der Waals surface area contributed by atoms with Gasteiger partial charge in [0.2, 0.25) is 11.2 Å². The molecule has 34 heavy (non-hydrogen) atoms. The fourth-order valence-electron chi connectivity index (χ4n) is 3.39. The van der Waals surface area contributed by atoms with E-state index in [1.54, 1.807) is 74.5 Å². The number of anilines is 1. The molecule has 1 N–H and O–H groups in total. The summed E-state index contributed by atoms with van der Waals surface area (Å²) in [5.41, 5.74) is 1.58. The zero-order chi connectivity index (χ0) is 24.1. The topological polar surface area (TPSA) is 94.8 Å². The van der Waals surface area contributed by atoms with Gasteiger partial charge in [-0.3, -0.25) is 9.59 Å². The number of hydrogen-bond acceptors (Lipinski definition) is 6.